The third-order valence-corrected chi connectivity index (χ3v) is 6.14. The highest BCUT2D eigenvalue weighted by molar-refractivity contribution is 6.06. The van der Waals surface area contributed by atoms with Gasteiger partial charge < -0.3 is 15.1 Å². The quantitative estimate of drug-likeness (QED) is 0.818. The van der Waals surface area contributed by atoms with E-state index >= 15 is 0 Å². The van der Waals surface area contributed by atoms with Crippen LogP contribution in [0.2, 0.25) is 0 Å². The number of nitrogens with zero attached hydrogens (tertiary/aromatic N) is 2. The average Bonchev–Trinajstić information content (AvgIpc) is 3.15. The van der Waals surface area contributed by atoms with E-state index in [9.17, 15) is 14.4 Å². The molecule has 2 atom stereocenters. The number of hydrogen-bond acceptors (Lipinski definition) is 3. The number of carbonyl (C=O) groups excluding carboxylic acids is 3. The van der Waals surface area contributed by atoms with Crippen LogP contribution in [0.3, 0.4) is 0 Å². The van der Waals surface area contributed by atoms with Crippen molar-refractivity contribution in [2.45, 2.75) is 33.1 Å². The molecule has 2 unspecified atom stereocenters. The molecule has 2 aromatic carbocycles. The summed E-state index contributed by atoms with van der Waals surface area (Å²) in [4.78, 5) is 41.9. The van der Waals surface area contributed by atoms with Crippen LogP contribution in [-0.2, 0) is 9.59 Å². The second-order valence-corrected chi connectivity index (χ2v) is 8.81. The van der Waals surface area contributed by atoms with Crippen LogP contribution < -0.4 is 10.2 Å². The maximum absolute atomic E-state index is 13.0. The molecule has 2 saturated heterocycles. The lowest BCUT2D eigenvalue weighted by Crippen LogP contribution is -2.43. The first-order chi connectivity index (χ1) is 14.9. The molecule has 2 fully saturated rings. The number of rotatable bonds is 4. The molecule has 0 saturated carbocycles. The van der Waals surface area contributed by atoms with Gasteiger partial charge in [-0.1, -0.05) is 25.1 Å². The highest BCUT2D eigenvalue weighted by atomic mass is 16.2. The number of hydrogen-bond donors (Lipinski definition) is 1. The zero-order valence-electron chi connectivity index (χ0n) is 18.1. The van der Waals surface area contributed by atoms with E-state index in [4.69, 9.17) is 0 Å². The van der Waals surface area contributed by atoms with Crippen LogP contribution >= 0.6 is 0 Å². The van der Waals surface area contributed by atoms with Crippen molar-refractivity contribution in [3.8, 4) is 0 Å². The highest BCUT2D eigenvalue weighted by Crippen LogP contribution is 2.28. The molecule has 0 aromatic heterocycles. The van der Waals surface area contributed by atoms with E-state index in [1.54, 1.807) is 23.1 Å². The molecule has 162 valence electrons. The van der Waals surface area contributed by atoms with Gasteiger partial charge in [-0.25, -0.2) is 0 Å². The van der Waals surface area contributed by atoms with Gasteiger partial charge >= 0.3 is 0 Å². The third-order valence-electron chi connectivity index (χ3n) is 6.14. The lowest BCUT2D eigenvalue weighted by Gasteiger charge is -2.32. The summed E-state index contributed by atoms with van der Waals surface area (Å²) in [5.41, 5.74) is 2.93. The number of benzene rings is 2. The Morgan fingerprint density at radius 2 is 1.87 bits per heavy atom. The molecule has 2 aliphatic heterocycles. The van der Waals surface area contributed by atoms with Crippen LogP contribution in [0, 0.1) is 18.8 Å². The molecule has 6 heteroatoms. The second-order valence-electron chi connectivity index (χ2n) is 8.81. The lowest BCUT2D eigenvalue weighted by molar-refractivity contribution is -0.137. The first-order valence-electron chi connectivity index (χ1n) is 11.0. The number of nitrogens with one attached hydrogen (secondary N) is 1. The fourth-order valence-corrected chi connectivity index (χ4v) is 4.51. The van der Waals surface area contributed by atoms with Gasteiger partial charge in [-0.15, -0.1) is 0 Å². The predicted molar refractivity (Wildman–Crippen MR) is 121 cm³/mol. The Morgan fingerprint density at radius 3 is 2.65 bits per heavy atom. The van der Waals surface area contributed by atoms with Crippen LogP contribution in [0.4, 0.5) is 11.4 Å². The van der Waals surface area contributed by atoms with Gasteiger partial charge in [0, 0.05) is 43.0 Å². The second kappa shape index (κ2) is 8.92. The summed E-state index contributed by atoms with van der Waals surface area (Å²) in [5, 5.41) is 2.90. The lowest BCUT2D eigenvalue weighted by atomic mass is 9.98. The summed E-state index contributed by atoms with van der Waals surface area (Å²) in [5.74, 6) is -0.0264. The van der Waals surface area contributed by atoms with Crippen molar-refractivity contribution in [1.29, 1.82) is 0 Å². The summed E-state index contributed by atoms with van der Waals surface area (Å²) in [6.07, 6.45) is 2.40. The third kappa shape index (κ3) is 4.79. The number of amides is 3. The number of likely N-dealkylation sites (tertiary alicyclic amines) is 1. The SMILES string of the molecule is Cc1cccc(NC(=O)c2cccc(N3CC(C(=O)N4CCCC(C)C4)CC3=O)c2)c1. The minimum absolute atomic E-state index is 0.0698. The van der Waals surface area contributed by atoms with Crippen molar-refractivity contribution in [2.75, 3.05) is 29.9 Å². The van der Waals surface area contributed by atoms with Gasteiger partial charge in [-0.2, -0.15) is 0 Å². The summed E-state index contributed by atoms with van der Waals surface area (Å²) in [6, 6.07) is 14.7. The molecule has 0 spiro atoms. The fourth-order valence-electron chi connectivity index (χ4n) is 4.51. The van der Waals surface area contributed by atoms with Crippen molar-refractivity contribution in [1.82, 2.24) is 4.90 Å². The molecule has 4 rings (SSSR count). The Kier molecular flexibility index (Phi) is 6.07. The Hall–Kier alpha value is -3.15. The zero-order chi connectivity index (χ0) is 22.0. The van der Waals surface area contributed by atoms with E-state index in [1.807, 2.05) is 42.2 Å². The minimum Gasteiger partial charge on any atom is -0.342 e. The van der Waals surface area contributed by atoms with Crippen molar-refractivity contribution in [3.05, 3.63) is 59.7 Å². The van der Waals surface area contributed by atoms with Crippen LogP contribution in [0.25, 0.3) is 0 Å². The number of carbonyl (C=O) groups is 3. The monoisotopic (exact) mass is 419 g/mol. The maximum Gasteiger partial charge on any atom is 0.255 e. The molecule has 2 aromatic rings. The van der Waals surface area contributed by atoms with Gasteiger partial charge in [0.25, 0.3) is 5.91 Å². The molecule has 0 radical (unpaired) electrons. The van der Waals surface area contributed by atoms with E-state index in [0.717, 1.165) is 37.2 Å². The van der Waals surface area contributed by atoms with E-state index < -0.39 is 0 Å². The Labute approximate surface area is 183 Å². The van der Waals surface area contributed by atoms with Crippen LogP contribution in [0.5, 0.6) is 0 Å². The highest BCUT2D eigenvalue weighted by Gasteiger charge is 2.38. The number of piperidine rings is 1. The molecule has 2 aliphatic rings. The summed E-state index contributed by atoms with van der Waals surface area (Å²) in [7, 11) is 0. The molecule has 31 heavy (non-hydrogen) atoms. The molecule has 0 aliphatic carbocycles. The summed E-state index contributed by atoms with van der Waals surface area (Å²) in [6.45, 7) is 6.06. The van der Waals surface area contributed by atoms with Gasteiger partial charge in [0.1, 0.15) is 0 Å². The average molecular weight is 420 g/mol. The maximum atomic E-state index is 13.0. The normalized spacial score (nSPS) is 21.3. The zero-order valence-corrected chi connectivity index (χ0v) is 18.1. The van der Waals surface area contributed by atoms with Crippen molar-refractivity contribution >= 4 is 29.1 Å². The predicted octanol–water partition coefficient (Wildman–Crippen LogP) is 3.86. The van der Waals surface area contributed by atoms with Gasteiger partial charge in [-0.3, -0.25) is 14.4 Å². The summed E-state index contributed by atoms with van der Waals surface area (Å²) < 4.78 is 0. The standard InChI is InChI=1S/C25H29N3O3/c1-17-6-3-9-21(12-17)26-24(30)19-8-4-10-22(13-19)28-16-20(14-23(28)29)25(31)27-11-5-7-18(2)15-27/h3-4,6,8-10,12-13,18,20H,5,7,11,14-16H2,1-2H3,(H,26,30). The van der Waals surface area contributed by atoms with E-state index in [1.165, 1.54) is 0 Å². The van der Waals surface area contributed by atoms with E-state index in [-0.39, 0.29) is 30.1 Å². The largest absolute Gasteiger partial charge is 0.342 e. The Morgan fingerprint density at radius 1 is 1.06 bits per heavy atom. The molecule has 2 heterocycles. The number of aryl methyl sites for hydroxylation is 1. The van der Waals surface area contributed by atoms with Gasteiger partial charge in [0.15, 0.2) is 0 Å². The molecular formula is C25H29N3O3. The van der Waals surface area contributed by atoms with Crippen LogP contribution in [0.1, 0.15) is 42.1 Å². The number of anilines is 2. The minimum atomic E-state index is -0.317. The fraction of sp³-hybridized carbons (Fsp3) is 0.400. The van der Waals surface area contributed by atoms with Crippen LogP contribution in [-0.4, -0.2) is 42.3 Å². The molecule has 0 bridgehead atoms. The molecule has 3 amide bonds. The molecule has 6 nitrogen and oxygen atoms in total. The van der Waals surface area contributed by atoms with E-state index in [2.05, 4.69) is 12.2 Å². The first kappa shape index (κ1) is 21.1. The van der Waals surface area contributed by atoms with Crippen LogP contribution in [0.15, 0.2) is 48.5 Å². The van der Waals surface area contributed by atoms with Crippen molar-refractivity contribution in [2.24, 2.45) is 11.8 Å². The topological polar surface area (TPSA) is 69.7 Å². The van der Waals surface area contributed by atoms with Gasteiger partial charge in [0.05, 0.1) is 5.92 Å². The Balaban J connectivity index is 1.45. The first-order valence-corrected chi connectivity index (χ1v) is 11.0. The smallest absolute Gasteiger partial charge is 0.255 e. The van der Waals surface area contributed by atoms with Gasteiger partial charge in [-0.05, 0) is 61.6 Å². The molecular weight excluding hydrogens is 390 g/mol. The van der Waals surface area contributed by atoms with Crippen molar-refractivity contribution < 1.29 is 14.4 Å². The molecule has 1 N–H and O–H groups in total. The van der Waals surface area contributed by atoms with Gasteiger partial charge in [0.2, 0.25) is 11.8 Å². The summed E-state index contributed by atoms with van der Waals surface area (Å²) >= 11 is 0. The van der Waals surface area contributed by atoms with Crippen molar-refractivity contribution in [3.63, 3.8) is 0 Å². The van der Waals surface area contributed by atoms with E-state index in [0.29, 0.717) is 23.7 Å². The Bertz CT molecular complexity index is 1000.